The summed E-state index contributed by atoms with van der Waals surface area (Å²) in [5, 5.41) is 8.95. The maximum absolute atomic E-state index is 10.9. The van der Waals surface area contributed by atoms with Crippen LogP contribution in [0.3, 0.4) is 0 Å². The number of aromatic nitrogens is 2. The van der Waals surface area contributed by atoms with Gasteiger partial charge in [-0.05, 0) is 25.1 Å². The number of benzene rings is 1. The number of imidazole rings is 1. The summed E-state index contributed by atoms with van der Waals surface area (Å²) in [6.07, 6.45) is 0. The zero-order valence-corrected chi connectivity index (χ0v) is 10.3. The average Bonchev–Trinajstić information content (AvgIpc) is 2.66. The van der Waals surface area contributed by atoms with Crippen LogP contribution in [0.4, 0.5) is 0 Å². The molecule has 0 unspecified atom stereocenters. The summed E-state index contributed by atoms with van der Waals surface area (Å²) in [6, 6.07) is 5.10. The van der Waals surface area contributed by atoms with Gasteiger partial charge in [0.1, 0.15) is 5.82 Å². The lowest BCUT2D eigenvalue weighted by Crippen LogP contribution is -2.03. The monoisotopic (exact) mass is 232 g/mol. The Morgan fingerprint density at radius 3 is 2.71 bits per heavy atom. The molecule has 0 fully saturated rings. The average molecular weight is 232 g/mol. The third kappa shape index (κ3) is 1.90. The minimum atomic E-state index is -0.913. The first-order valence-corrected chi connectivity index (χ1v) is 5.78. The maximum atomic E-state index is 10.9. The lowest BCUT2D eigenvalue weighted by atomic mass is 10.2. The Kier molecular flexibility index (Phi) is 2.88. The molecule has 1 heterocycles. The fraction of sp³-hybridized carbons (Fsp3) is 0.385. The number of hydrogen-bond acceptors (Lipinski definition) is 2. The summed E-state index contributed by atoms with van der Waals surface area (Å²) in [6.45, 7) is 7.09. The molecule has 2 rings (SSSR count). The molecule has 0 saturated carbocycles. The highest BCUT2D eigenvalue weighted by atomic mass is 16.4. The Labute approximate surface area is 99.9 Å². The number of hydrogen-bond donors (Lipinski definition) is 1. The van der Waals surface area contributed by atoms with Gasteiger partial charge < -0.3 is 9.67 Å². The second-order valence-electron chi connectivity index (χ2n) is 4.38. The molecular formula is C13H16N2O2. The van der Waals surface area contributed by atoms with Crippen LogP contribution in [0.25, 0.3) is 11.0 Å². The van der Waals surface area contributed by atoms with E-state index < -0.39 is 5.97 Å². The van der Waals surface area contributed by atoms with Crippen LogP contribution in [0.5, 0.6) is 0 Å². The molecule has 0 aliphatic carbocycles. The van der Waals surface area contributed by atoms with E-state index in [0.717, 1.165) is 23.4 Å². The number of fused-ring (bicyclic) bond motifs is 1. The van der Waals surface area contributed by atoms with Gasteiger partial charge in [-0.1, -0.05) is 13.8 Å². The number of aryl methyl sites for hydroxylation is 1. The van der Waals surface area contributed by atoms with Gasteiger partial charge in [0.25, 0.3) is 0 Å². The topological polar surface area (TPSA) is 55.1 Å². The summed E-state index contributed by atoms with van der Waals surface area (Å²) in [5.74, 6) is 0.421. The van der Waals surface area contributed by atoms with Crippen LogP contribution < -0.4 is 0 Å². The van der Waals surface area contributed by atoms with E-state index in [1.807, 2.05) is 6.07 Å². The predicted molar refractivity (Wildman–Crippen MR) is 66.5 cm³/mol. The van der Waals surface area contributed by atoms with Crippen LogP contribution in [0.1, 0.15) is 42.9 Å². The number of carboxylic acids is 1. The van der Waals surface area contributed by atoms with Crippen molar-refractivity contribution in [3.63, 3.8) is 0 Å². The molecule has 1 aromatic heterocycles. The van der Waals surface area contributed by atoms with E-state index in [-0.39, 0.29) is 5.56 Å². The van der Waals surface area contributed by atoms with E-state index >= 15 is 0 Å². The highest BCUT2D eigenvalue weighted by Gasteiger charge is 2.14. The van der Waals surface area contributed by atoms with E-state index in [2.05, 4.69) is 30.3 Å². The fourth-order valence-electron chi connectivity index (χ4n) is 2.05. The molecule has 4 heteroatoms. The summed E-state index contributed by atoms with van der Waals surface area (Å²) < 4.78 is 2.13. The first-order chi connectivity index (χ1) is 8.04. The van der Waals surface area contributed by atoms with Crippen LogP contribution in [-0.2, 0) is 6.54 Å². The SMILES string of the molecule is CCn1c(C(C)C)nc2cc(C(=O)O)ccc21. The van der Waals surface area contributed by atoms with E-state index in [9.17, 15) is 4.79 Å². The Hall–Kier alpha value is -1.84. The van der Waals surface area contributed by atoms with Gasteiger partial charge in [0.05, 0.1) is 16.6 Å². The highest BCUT2D eigenvalue weighted by Crippen LogP contribution is 2.22. The third-order valence-electron chi connectivity index (χ3n) is 2.86. The van der Waals surface area contributed by atoms with Crippen LogP contribution in [-0.4, -0.2) is 20.6 Å². The molecule has 90 valence electrons. The van der Waals surface area contributed by atoms with Gasteiger partial charge in [-0.3, -0.25) is 0 Å². The summed E-state index contributed by atoms with van der Waals surface area (Å²) >= 11 is 0. The van der Waals surface area contributed by atoms with Crippen molar-refractivity contribution in [3.8, 4) is 0 Å². The zero-order chi connectivity index (χ0) is 12.6. The second-order valence-corrected chi connectivity index (χ2v) is 4.38. The smallest absolute Gasteiger partial charge is 0.335 e. The van der Waals surface area contributed by atoms with Crippen molar-refractivity contribution in [1.82, 2.24) is 9.55 Å². The quantitative estimate of drug-likeness (QED) is 0.885. The molecular weight excluding hydrogens is 216 g/mol. The van der Waals surface area contributed by atoms with Crippen molar-refractivity contribution in [2.75, 3.05) is 0 Å². The van der Waals surface area contributed by atoms with Crippen LogP contribution in [0, 0.1) is 0 Å². The lowest BCUT2D eigenvalue weighted by molar-refractivity contribution is 0.0697. The Balaban J connectivity index is 2.68. The van der Waals surface area contributed by atoms with Crippen molar-refractivity contribution in [2.24, 2.45) is 0 Å². The first kappa shape index (κ1) is 11.6. The van der Waals surface area contributed by atoms with Gasteiger partial charge in [0, 0.05) is 12.5 Å². The van der Waals surface area contributed by atoms with Gasteiger partial charge in [0.2, 0.25) is 0 Å². The minimum absolute atomic E-state index is 0.286. The van der Waals surface area contributed by atoms with Crippen molar-refractivity contribution in [3.05, 3.63) is 29.6 Å². The van der Waals surface area contributed by atoms with Crippen molar-refractivity contribution >= 4 is 17.0 Å². The highest BCUT2D eigenvalue weighted by molar-refractivity contribution is 5.92. The first-order valence-electron chi connectivity index (χ1n) is 5.78. The van der Waals surface area contributed by atoms with Gasteiger partial charge in [-0.15, -0.1) is 0 Å². The molecule has 1 N–H and O–H groups in total. The van der Waals surface area contributed by atoms with Gasteiger partial charge in [-0.25, -0.2) is 9.78 Å². The molecule has 0 atom stereocenters. The molecule has 0 aliphatic heterocycles. The van der Waals surface area contributed by atoms with Crippen molar-refractivity contribution in [2.45, 2.75) is 33.2 Å². The van der Waals surface area contributed by atoms with Crippen molar-refractivity contribution in [1.29, 1.82) is 0 Å². The van der Waals surface area contributed by atoms with E-state index in [1.165, 1.54) is 0 Å². The largest absolute Gasteiger partial charge is 0.478 e. The van der Waals surface area contributed by atoms with Gasteiger partial charge >= 0.3 is 5.97 Å². The van der Waals surface area contributed by atoms with Gasteiger partial charge in [0.15, 0.2) is 0 Å². The predicted octanol–water partition coefficient (Wildman–Crippen LogP) is 2.88. The second kappa shape index (κ2) is 4.20. The number of carbonyl (C=O) groups is 1. The van der Waals surface area contributed by atoms with Crippen molar-refractivity contribution < 1.29 is 9.90 Å². The summed E-state index contributed by atoms with van der Waals surface area (Å²) in [5.41, 5.74) is 2.05. The van der Waals surface area contributed by atoms with Crippen LogP contribution >= 0.6 is 0 Å². The Bertz CT molecular complexity index is 570. The fourth-order valence-corrected chi connectivity index (χ4v) is 2.05. The summed E-state index contributed by atoms with van der Waals surface area (Å²) in [4.78, 5) is 15.4. The molecule has 2 aromatic rings. The van der Waals surface area contributed by atoms with Crippen LogP contribution in [0.2, 0.25) is 0 Å². The number of nitrogens with zero attached hydrogens (tertiary/aromatic N) is 2. The Morgan fingerprint density at radius 1 is 1.47 bits per heavy atom. The molecule has 0 amide bonds. The minimum Gasteiger partial charge on any atom is -0.478 e. The number of aromatic carboxylic acids is 1. The van der Waals surface area contributed by atoms with E-state index in [0.29, 0.717) is 5.92 Å². The number of carboxylic acid groups (broad SMARTS) is 1. The molecule has 4 nitrogen and oxygen atoms in total. The maximum Gasteiger partial charge on any atom is 0.335 e. The molecule has 17 heavy (non-hydrogen) atoms. The molecule has 0 bridgehead atoms. The number of rotatable bonds is 3. The lowest BCUT2D eigenvalue weighted by Gasteiger charge is -2.08. The van der Waals surface area contributed by atoms with E-state index in [4.69, 9.17) is 5.11 Å². The molecule has 0 spiro atoms. The third-order valence-corrected chi connectivity index (χ3v) is 2.86. The van der Waals surface area contributed by atoms with E-state index in [1.54, 1.807) is 12.1 Å². The summed E-state index contributed by atoms with van der Waals surface area (Å²) in [7, 11) is 0. The van der Waals surface area contributed by atoms with Gasteiger partial charge in [-0.2, -0.15) is 0 Å². The standard InChI is InChI=1S/C13H16N2O2/c1-4-15-11-6-5-9(13(16)17)7-10(11)14-12(15)8(2)3/h5-8H,4H2,1-3H3,(H,16,17). The molecule has 0 radical (unpaired) electrons. The molecule has 1 aromatic carbocycles. The van der Waals surface area contributed by atoms with Crippen LogP contribution in [0.15, 0.2) is 18.2 Å². The normalized spacial score (nSPS) is 11.3. The molecule has 0 saturated heterocycles. The molecule has 0 aliphatic rings. The Morgan fingerprint density at radius 2 is 2.18 bits per heavy atom. The zero-order valence-electron chi connectivity index (χ0n) is 10.3.